The molecular formula is C14H15N3O. The van der Waals surface area contributed by atoms with Crippen LogP contribution >= 0.6 is 0 Å². The second kappa shape index (κ2) is 3.57. The van der Waals surface area contributed by atoms with Crippen LogP contribution in [0.2, 0.25) is 0 Å². The molecule has 0 saturated heterocycles. The molecule has 2 N–H and O–H groups in total. The molecule has 0 unspecified atom stereocenters. The first-order chi connectivity index (χ1) is 8.79. The van der Waals surface area contributed by atoms with Gasteiger partial charge >= 0.3 is 5.69 Å². The summed E-state index contributed by atoms with van der Waals surface area (Å²) >= 11 is 0. The lowest BCUT2D eigenvalue weighted by atomic mass is 10.1. The highest BCUT2D eigenvalue weighted by Crippen LogP contribution is 2.41. The number of nitrogens with one attached hydrogen (secondary N) is 2. The van der Waals surface area contributed by atoms with Crippen LogP contribution in [0, 0.1) is 0 Å². The van der Waals surface area contributed by atoms with Crippen LogP contribution in [-0.4, -0.2) is 16.0 Å². The fourth-order valence-corrected chi connectivity index (χ4v) is 2.38. The number of aromatic nitrogens is 2. The molecule has 0 radical (unpaired) electrons. The number of aromatic amines is 1. The Morgan fingerprint density at radius 2 is 2.06 bits per heavy atom. The summed E-state index contributed by atoms with van der Waals surface area (Å²) in [6, 6.07) is 6.86. The first kappa shape index (κ1) is 10.1. The van der Waals surface area contributed by atoms with E-state index in [1.165, 1.54) is 31.2 Å². The highest BCUT2D eigenvalue weighted by molar-refractivity contribution is 5.89. The molecule has 2 aliphatic carbocycles. The molecule has 2 aromatic rings. The molecule has 2 saturated carbocycles. The smallest absolute Gasteiger partial charge is 0.347 e. The molecule has 0 spiro atoms. The lowest BCUT2D eigenvalue weighted by Crippen LogP contribution is -2.15. The Hall–Kier alpha value is -1.84. The van der Waals surface area contributed by atoms with Crippen molar-refractivity contribution < 1.29 is 0 Å². The maximum Gasteiger partial charge on any atom is 0.347 e. The van der Waals surface area contributed by atoms with E-state index in [4.69, 9.17) is 0 Å². The number of fused-ring (bicyclic) bond motifs is 1. The number of H-pyrrole nitrogens is 1. The quantitative estimate of drug-likeness (QED) is 0.867. The summed E-state index contributed by atoms with van der Waals surface area (Å²) in [5.41, 5.74) is 1.97. The Kier molecular flexibility index (Phi) is 2.01. The predicted octanol–water partition coefficient (Wildman–Crippen LogP) is 2.37. The first-order valence-corrected chi connectivity index (χ1v) is 6.60. The third kappa shape index (κ3) is 1.78. The summed E-state index contributed by atoms with van der Waals surface area (Å²) in [6.07, 6.45) is 4.90. The summed E-state index contributed by atoms with van der Waals surface area (Å²) in [4.78, 5) is 18.5. The minimum absolute atomic E-state index is 0.265. The molecule has 2 fully saturated rings. The van der Waals surface area contributed by atoms with Gasteiger partial charge in [0.15, 0.2) is 0 Å². The zero-order chi connectivity index (χ0) is 12.1. The minimum atomic E-state index is -0.265. The van der Waals surface area contributed by atoms with E-state index in [-0.39, 0.29) is 5.69 Å². The van der Waals surface area contributed by atoms with Crippen molar-refractivity contribution in [3.63, 3.8) is 0 Å². The fourth-order valence-electron chi connectivity index (χ4n) is 2.38. The molecule has 2 aliphatic rings. The highest BCUT2D eigenvalue weighted by atomic mass is 16.1. The summed E-state index contributed by atoms with van der Waals surface area (Å²) in [5.74, 6) is 1.43. The number of nitrogens with zero attached hydrogens (tertiary/aromatic N) is 1. The van der Waals surface area contributed by atoms with E-state index in [0.717, 1.165) is 16.7 Å². The average molecular weight is 241 g/mol. The van der Waals surface area contributed by atoms with Gasteiger partial charge in [-0.2, -0.15) is 4.98 Å². The van der Waals surface area contributed by atoms with Gasteiger partial charge < -0.3 is 10.3 Å². The molecule has 4 rings (SSSR count). The van der Waals surface area contributed by atoms with E-state index in [0.29, 0.717) is 12.0 Å². The molecule has 4 heteroatoms. The number of hydrogen-bond acceptors (Lipinski definition) is 3. The van der Waals surface area contributed by atoms with E-state index in [9.17, 15) is 4.79 Å². The van der Waals surface area contributed by atoms with Crippen LogP contribution in [0.15, 0.2) is 23.0 Å². The van der Waals surface area contributed by atoms with Crippen molar-refractivity contribution in [2.24, 2.45) is 0 Å². The maximum atomic E-state index is 11.6. The summed E-state index contributed by atoms with van der Waals surface area (Å²) < 4.78 is 0. The van der Waals surface area contributed by atoms with Gasteiger partial charge in [0, 0.05) is 11.4 Å². The van der Waals surface area contributed by atoms with Gasteiger partial charge in [-0.3, -0.25) is 0 Å². The highest BCUT2D eigenvalue weighted by Gasteiger charge is 2.25. The zero-order valence-corrected chi connectivity index (χ0v) is 10.1. The lowest BCUT2D eigenvalue weighted by molar-refractivity contribution is 1.06. The van der Waals surface area contributed by atoms with Gasteiger partial charge in [-0.05, 0) is 49.3 Å². The predicted molar refractivity (Wildman–Crippen MR) is 71.0 cm³/mol. The van der Waals surface area contributed by atoms with Crippen LogP contribution in [0.25, 0.3) is 10.9 Å². The first-order valence-electron chi connectivity index (χ1n) is 6.60. The van der Waals surface area contributed by atoms with Gasteiger partial charge in [0.05, 0.1) is 5.52 Å². The Morgan fingerprint density at radius 3 is 2.78 bits per heavy atom. The SMILES string of the molecule is O=c1nc(NC2CC2)c2ccc(C3CC3)cc2[nH]1. The number of rotatable bonds is 3. The lowest BCUT2D eigenvalue weighted by Gasteiger charge is -2.08. The normalized spacial score (nSPS) is 19.1. The van der Waals surface area contributed by atoms with Crippen LogP contribution < -0.4 is 11.0 Å². The van der Waals surface area contributed by atoms with Gasteiger partial charge in [-0.15, -0.1) is 0 Å². The van der Waals surface area contributed by atoms with Gasteiger partial charge in [0.2, 0.25) is 0 Å². The number of anilines is 1. The molecule has 0 bridgehead atoms. The van der Waals surface area contributed by atoms with Crippen LogP contribution in [0.5, 0.6) is 0 Å². The van der Waals surface area contributed by atoms with Crippen LogP contribution in [0.1, 0.15) is 37.2 Å². The molecule has 1 heterocycles. The third-order valence-corrected chi connectivity index (χ3v) is 3.72. The van der Waals surface area contributed by atoms with Gasteiger partial charge in [-0.1, -0.05) is 6.07 Å². The topological polar surface area (TPSA) is 57.8 Å². The van der Waals surface area contributed by atoms with E-state index in [1.54, 1.807) is 0 Å². The van der Waals surface area contributed by atoms with E-state index < -0.39 is 0 Å². The minimum Gasteiger partial charge on any atom is -0.367 e. The summed E-state index contributed by atoms with van der Waals surface area (Å²) in [7, 11) is 0. The zero-order valence-electron chi connectivity index (χ0n) is 10.1. The van der Waals surface area contributed by atoms with Crippen molar-refractivity contribution in [1.82, 2.24) is 9.97 Å². The summed E-state index contributed by atoms with van der Waals surface area (Å²) in [6.45, 7) is 0. The summed E-state index contributed by atoms with van der Waals surface area (Å²) in [5, 5.41) is 4.35. The van der Waals surface area contributed by atoms with Crippen molar-refractivity contribution >= 4 is 16.7 Å². The van der Waals surface area contributed by atoms with Crippen LogP contribution in [-0.2, 0) is 0 Å². The molecular weight excluding hydrogens is 226 g/mol. The van der Waals surface area contributed by atoms with E-state index in [2.05, 4.69) is 33.5 Å². The third-order valence-electron chi connectivity index (χ3n) is 3.72. The van der Waals surface area contributed by atoms with Gasteiger partial charge in [-0.25, -0.2) is 4.79 Å². The van der Waals surface area contributed by atoms with E-state index in [1.807, 2.05) is 0 Å². The molecule has 18 heavy (non-hydrogen) atoms. The second-order valence-corrected chi connectivity index (χ2v) is 5.39. The van der Waals surface area contributed by atoms with Crippen molar-refractivity contribution in [1.29, 1.82) is 0 Å². The van der Waals surface area contributed by atoms with Crippen molar-refractivity contribution in [2.45, 2.75) is 37.6 Å². The van der Waals surface area contributed by atoms with E-state index >= 15 is 0 Å². The molecule has 0 atom stereocenters. The van der Waals surface area contributed by atoms with Crippen LogP contribution in [0.3, 0.4) is 0 Å². The van der Waals surface area contributed by atoms with Crippen LogP contribution in [0.4, 0.5) is 5.82 Å². The van der Waals surface area contributed by atoms with Gasteiger partial charge in [0.1, 0.15) is 5.82 Å². The molecule has 0 amide bonds. The molecule has 1 aromatic carbocycles. The average Bonchev–Trinajstić information content (AvgIpc) is 3.22. The monoisotopic (exact) mass is 241 g/mol. The fraction of sp³-hybridized carbons (Fsp3) is 0.429. The van der Waals surface area contributed by atoms with Crippen molar-refractivity contribution in [3.8, 4) is 0 Å². The molecule has 92 valence electrons. The van der Waals surface area contributed by atoms with Gasteiger partial charge in [0.25, 0.3) is 0 Å². The number of benzene rings is 1. The van der Waals surface area contributed by atoms with Crippen molar-refractivity contribution in [3.05, 3.63) is 34.2 Å². The Morgan fingerprint density at radius 1 is 1.22 bits per heavy atom. The molecule has 4 nitrogen and oxygen atoms in total. The molecule has 0 aliphatic heterocycles. The Bertz CT molecular complexity index is 668. The standard InChI is InChI=1S/C14H15N3O/c18-14-16-12-7-9(8-1-2-8)3-6-11(12)13(17-14)15-10-4-5-10/h3,6-8,10H,1-2,4-5H2,(H2,15,16,17,18). The Labute approximate surface area is 104 Å². The largest absolute Gasteiger partial charge is 0.367 e. The number of hydrogen-bond donors (Lipinski definition) is 2. The Balaban J connectivity index is 1.86. The molecule has 1 aromatic heterocycles. The second-order valence-electron chi connectivity index (χ2n) is 5.39. The maximum absolute atomic E-state index is 11.6. The van der Waals surface area contributed by atoms with Crippen molar-refractivity contribution in [2.75, 3.05) is 5.32 Å².